The maximum absolute atomic E-state index is 4.67. The zero-order valence-electron chi connectivity index (χ0n) is 12.5. The fourth-order valence-electron chi connectivity index (χ4n) is 2.00. The molecular formula is C15H26N4. The summed E-state index contributed by atoms with van der Waals surface area (Å²) in [6, 6.07) is 4.12. The normalized spacial score (nSPS) is 12.1. The number of aliphatic imine (C=N–C) groups is 1. The average molecular weight is 262 g/mol. The van der Waals surface area contributed by atoms with E-state index in [1.807, 2.05) is 18.5 Å². The van der Waals surface area contributed by atoms with Gasteiger partial charge >= 0.3 is 0 Å². The van der Waals surface area contributed by atoms with Crippen molar-refractivity contribution in [3.63, 3.8) is 0 Å². The molecule has 0 aliphatic carbocycles. The van der Waals surface area contributed by atoms with Gasteiger partial charge in [-0.25, -0.2) is 0 Å². The summed E-state index contributed by atoms with van der Waals surface area (Å²) < 4.78 is 0. The Morgan fingerprint density at radius 3 is 2.42 bits per heavy atom. The number of nitrogens with zero attached hydrogens (tertiary/aromatic N) is 2. The van der Waals surface area contributed by atoms with Crippen LogP contribution >= 0.6 is 0 Å². The topological polar surface area (TPSA) is 49.3 Å². The van der Waals surface area contributed by atoms with Crippen LogP contribution in [0.2, 0.25) is 0 Å². The summed E-state index contributed by atoms with van der Waals surface area (Å²) in [4.78, 5) is 8.88. The number of hydrogen-bond donors (Lipinski definition) is 2. The van der Waals surface area contributed by atoms with Gasteiger partial charge in [-0.15, -0.1) is 0 Å². The maximum atomic E-state index is 4.67. The molecule has 0 aliphatic rings. The first-order valence-electron chi connectivity index (χ1n) is 7.11. The molecule has 4 heteroatoms. The van der Waals surface area contributed by atoms with Crippen molar-refractivity contribution >= 4 is 5.96 Å². The number of pyridine rings is 1. The first-order chi connectivity index (χ1) is 9.19. The Balaban J connectivity index is 2.76. The van der Waals surface area contributed by atoms with Crippen molar-refractivity contribution in [1.82, 2.24) is 15.6 Å². The predicted molar refractivity (Wildman–Crippen MR) is 81.5 cm³/mol. The number of nitrogens with one attached hydrogen (secondary N) is 2. The molecule has 1 atom stereocenters. The lowest BCUT2D eigenvalue weighted by Crippen LogP contribution is -2.37. The molecule has 1 heterocycles. The Morgan fingerprint density at radius 2 is 1.95 bits per heavy atom. The van der Waals surface area contributed by atoms with Crippen molar-refractivity contribution in [3.8, 4) is 0 Å². The van der Waals surface area contributed by atoms with Crippen LogP contribution in [0.3, 0.4) is 0 Å². The molecule has 0 saturated heterocycles. The average Bonchev–Trinajstić information content (AvgIpc) is 2.40. The van der Waals surface area contributed by atoms with E-state index in [2.05, 4.69) is 54.4 Å². The van der Waals surface area contributed by atoms with E-state index in [1.54, 1.807) is 0 Å². The molecule has 0 aliphatic heterocycles. The van der Waals surface area contributed by atoms with Gasteiger partial charge in [0.2, 0.25) is 0 Å². The smallest absolute Gasteiger partial charge is 0.191 e. The van der Waals surface area contributed by atoms with Gasteiger partial charge in [0.1, 0.15) is 0 Å². The summed E-state index contributed by atoms with van der Waals surface area (Å²) in [5, 5.41) is 6.51. The van der Waals surface area contributed by atoms with Crippen molar-refractivity contribution in [2.75, 3.05) is 19.6 Å². The minimum Gasteiger partial charge on any atom is -0.357 e. The molecule has 0 bridgehead atoms. The van der Waals surface area contributed by atoms with E-state index in [0.29, 0.717) is 11.8 Å². The molecule has 19 heavy (non-hydrogen) atoms. The number of aromatic nitrogens is 1. The number of hydrogen-bond acceptors (Lipinski definition) is 2. The summed E-state index contributed by atoms with van der Waals surface area (Å²) in [6.45, 7) is 11.2. The van der Waals surface area contributed by atoms with Crippen LogP contribution in [-0.2, 0) is 0 Å². The van der Waals surface area contributed by atoms with Crippen LogP contribution in [0.4, 0.5) is 0 Å². The van der Waals surface area contributed by atoms with Gasteiger partial charge in [0.05, 0.1) is 0 Å². The Labute approximate surface area is 116 Å². The van der Waals surface area contributed by atoms with Crippen molar-refractivity contribution in [2.45, 2.75) is 33.6 Å². The highest BCUT2D eigenvalue weighted by atomic mass is 15.2. The number of rotatable bonds is 6. The minimum absolute atomic E-state index is 0.404. The van der Waals surface area contributed by atoms with Crippen LogP contribution in [0.5, 0.6) is 0 Å². The van der Waals surface area contributed by atoms with E-state index in [1.165, 1.54) is 5.56 Å². The third-order valence-electron chi connectivity index (χ3n) is 3.05. The van der Waals surface area contributed by atoms with Gasteiger partial charge < -0.3 is 10.6 Å². The second-order valence-electron chi connectivity index (χ2n) is 4.89. The Hall–Kier alpha value is -1.58. The maximum Gasteiger partial charge on any atom is 0.191 e. The fraction of sp³-hybridized carbons (Fsp3) is 0.600. The fourth-order valence-corrected chi connectivity index (χ4v) is 2.00. The molecule has 1 aromatic heterocycles. The van der Waals surface area contributed by atoms with Gasteiger partial charge in [-0.1, -0.05) is 19.9 Å². The van der Waals surface area contributed by atoms with Crippen molar-refractivity contribution in [3.05, 3.63) is 30.1 Å². The largest absolute Gasteiger partial charge is 0.357 e. The summed E-state index contributed by atoms with van der Waals surface area (Å²) >= 11 is 0. The summed E-state index contributed by atoms with van der Waals surface area (Å²) in [5.74, 6) is 1.83. The predicted octanol–water partition coefficient (Wildman–Crippen LogP) is 2.40. The van der Waals surface area contributed by atoms with Crippen LogP contribution in [0, 0.1) is 5.92 Å². The molecule has 1 rings (SSSR count). The van der Waals surface area contributed by atoms with Gasteiger partial charge in [0.15, 0.2) is 5.96 Å². The van der Waals surface area contributed by atoms with Crippen LogP contribution in [-0.4, -0.2) is 30.6 Å². The van der Waals surface area contributed by atoms with Crippen molar-refractivity contribution in [1.29, 1.82) is 0 Å². The highest BCUT2D eigenvalue weighted by Gasteiger charge is 2.15. The van der Waals surface area contributed by atoms with Crippen LogP contribution in [0.15, 0.2) is 29.5 Å². The summed E-state index contributed by atoms with van der Waals surface area (Å²) in [7, 11) is 0. The Morgan fingerprint density at radius 1 is 1.26 bits per heavy atom. The monoisotopic (exact) mass is 262 g/mol. The Kier molecular flexibility index (Phi) is 6.93. The highest BCUT2D eigenvalue weighted by Crippen LogP contribution is 2.23. The zero-order chi connectivity index (χ0) is 14.1. The first-order valence-corrected chi connectivity index (χ1v) is 7.11. The Bertz CT molecular complexity index is 365. The summed E-state index contributed by atoms with van der Waals surface area (Å²) in [6.07, 6.45) is 3.76. The summed E-state index contributed by atoms with van der Waals surface area (Å²) in [5.41, 5.74) is 1.26. The highest BCUT2D eigenvalue weighted by molar-refractivity contribution is 5.79. The second-order valence-corrected chi connectivity index (χ2v) is 4.89. The molecule has 0 aromatic carbocycles. The van der Waals surface area contributed by atoms with Gasteiger partial charge in [-0.2, -0.15) is 0 Å². The molecule has 1 aromatic rings. The molecule has 0 fully saturated rings. The SMILES string of the molecule is CCNC(=NCC(c1cccnc1)C(C)C)NCC. The molecule has 0 radical (unpaired) electrons. The molecule has 2 N–H and O–H groups in total. The van der Waals surface area contributed by atoms with Crippen LogP contribution in [0.25, 0.3) is 0 Å². The van der Waals surface area contributed by atoms with Gasteiger partial charge in [-0.3, -0.25) is 9.98 Å². The molecule has 4 nitrogen and oxygen atoms in total. The third-order valence-corrected chi connectivity index (χ3v) is 3.05. The lowest BCUT2D eigenvalue weighted by Gasteiger charge is -2.20. The van der Waals surface area contributed by atoms with Gasteiger partial charge in [-0.05, 0) is 31.4 Å². The first kappa shape index (κ1) is 15.5. The molecule has 0 saturated carbocycles. The van der Waals surface area contributed by atoms with E-state index in [-0.39, 0.29) is 0 Å². The van der Waals surface area contributed by atoms with Gasteiger partial charge in [0, 0.05) is 37.9 Å². The molecule has 1 unspecified atom stereocenters. The molecule has 0 amide bonds. The third kappa shape index (κ3) is 5.28. The molecule has 106 valence electrons. The van der Waals surface area contributed by atoms with E-state index in [0.717, 1.165) is 25.6 Å². The van der Waals surface area contributed by atoms with E-state index < -0.39 is 0 Å². The van der Waals surface area contributed by atoms with E-state index in [9.17, 15) is 0 Å². The molecule has 0 spiro atoms. The lowest BCUT2D eigenvalue weighted by atomic mass is 9.89. The minimum atomic E-state index is 0.404. The van der Waals surface area contributed by atoms with E-state index >= 15 is 0 Å². The van der Waals surface area contributed by atoms with Gasteiger partial charge in [0.25, 0.3) is 0 Å². The standard InChI is InChI=1S/C15H26N4/c1-5-17-15(18-6-2)19-11-14(12(3)4)13-8-7-9-16-10-13/h7-10,12,14H,5-6,11H2,1-4H3,(H2,17,18,19). The van der Waals surface area contributed by atoms with Crippen LogP contribution < -0.4 is 10.6 Å². The second kappa shape index (κ2) is 8.51. The van der Waals surface area contributed by atoms with Crippen LogP contribution in [0.1, 0.15) is 39.2 Å². The lowest BCUT2D eigenvalue weighted by molar-refractivity contribution is 0.504. The van der Waals surface area contributed by atoms with Crippen molar-refractivity contribution in [2.24, 2.45) is 10.9 Å². The quantitative estimate of drug-likeness (QED) is 0.611. The van der Waals surface area contributed by atoms with E-state index in [4.69, 9.17) is 0 Å². The zero-order valence-corrected chi connectivity index (χ0v) is 12.5. The van der Waals surface area contributed by atoms with Crippen molar-refractivity contribution < 1.29 is 0 Å². The molecular weight excluding hydrogens is 236 g/mol. The number of guanidine groups is 1.